The number of nitrogens with one attached hydrogen (secondary N) is 1. The van der Waals surface area contributed by atoms with Gasteiger partial charge in [-0.2, -0.15) is 0 Å². The first kappa shape index (κ1) is 91.3. The van der Waals surface area contributed by atoms with Gasteiger partial charge in [0.05, 0.1) is 25.4 Å². The lowest BCUT2D eigenvalue weighted by Gasteiger charge is -2.22. The van der Waals surface area contributed by atoms with Crippen LogP contribution in [0.1, 0.15) is 495 Å². The maximum atomic E-state index is 12.6. The summed E-state index contributed by atoms with van der Waals surface area (Å²) in [6, 6.07) is -0.539. The molecule has 0 aromatic heterocycles. The first-order chi connectivity index (χ1) is 46.0. The van der Waals surface area contributed by atoms with Crippen molar-refractivity contribution in [1.82, 2.24) is 5.32 Å². The molecule has 0 radical (unpaired) electrons. The zero-order valence-electron chi connectivity index (χ0n) is 63.5. The van der Waals surface area contributed by atoms with Crippen molar-refractivity contribution in [2.45, 2.75) is 508 Å². The highest BCUT2D eigenvalue weighted by atomic mass is 16.5. The van der Waals surface area contributed by atoms with Crippen LogP contribution >= 0.6 is 0 Å². The average Bonchev–Trinajstić information content (AvgIpc) is 3.78. The predicted octanol–water partition coefficient (Wildman–Crippen LogP) is 28.8. The summed E-state index contributed by atoms with van der Waals surface area (Å²) < 4.78 is 5.51. The van der Waals surface area contributed by atoms with Gasteiger partial charge >= 0.3 is 5.97 Å². The molecule has 3 N–H and O–H groups in total. The number of carbonyl (C=O) groups is 2. The summed E-state index contributed by atoms with van der Waals surface area (Å²) in [6.45, 7) is 5.01. The van der Waals surface area contributed by atoms with Gasteiger partial charge in [-0.3, -0.25) is 9.59 Å². The maximum absolute atomic E-state index is 12.6. The molecule has 0 saturated heterocycles. The lowest BCUT2D eigenvalue weighted by Crippen LogP contribution is -2.45. The Bertz CT molecular complexity index is 1460. The number of aliphatic hydroxyl groups excluding tert-OH is 2. The van der Waals surface area contributed by atoms with Crippen LogP contribution in [0.3, 0.4) is 0 Å². The summed E-state index contributed by atoms with van der Waals surface area (Å²) in [5.41, 5.74) is 0. The molecule has 552 valence electrons. The van der Waals surface area contributed by atoms with Gasteiger partial charge in [-0.15, -0.1) is 0 Å². The molecule has 6 heteroatoms. The van der Waals surface area contributed by atoms with Crippen LogP contribution in [0.15, 0.2) is 24.3 Å². The Hall–Kier alpha value is -1.66. The molecule has 2 unspecified atom stereocenters. The third-order valence-electron chi connectivity index (χ3n) is 20.5. The fourth-order valence-corrected chi connectivity index (χ4v) is 13.9. The van der Waals surface area contributed by atoms with Gasteiger partial charge in [-0.25, -0.2) is 0 Å². The van der Waals surface area contributed by atoms with Gasteiger partial charge in [0.15, 0.2) is 0 Å². The Morgan fingerprint density at radius 2 is 0.505 bits per heavy atom. The monoisotopic (exact) mass is 1310 g/mol. The molecule has 0 saturated carbocycles. The van der Waals surface area contributed by atoms with Crippen LogP contribution in [0.4, 0.5) is 0 Å². The summed E-state index contributed by atoms with van der Waals surface area (Å²) in [5, 5.41) is 23.5. The molecule has 0 fully saturated rings. The van der Waals surface area contributed by atoms with Crippen molar-refractivity contribution in [1.29, 1.82) is 0 Å². The highest BCUT2D eigenvalue weighted by molar-refractivity contribution is 5.76. The summed E-state index contributed by atoms with van der Waals surface area (Å²) in [6.07, 6.45) is 107. The molecule has 0 spiro atoms. The van der Waals surface area contributed by atoms with Gasteiger partial charge in [0.1, 0.15) is 0 Å². The van der Waals surface area contributed by atoms with Crippen molar-refractivity contribution >= 4 is 11.9 Å². The average molecular weight is 1310 g/mol. The SMILES string of the molecule is CCCCCCCCC/C=C\CCCCCCCC(=O)OCCCCCCCCCCCCCCCCCCCC/C=C\CCCCCCCCCCCCCCCCCCCC(=O)NC(CO)C(O)CCCCCCCCCCCCCCCCCCCCCCC. The first-order valence-electron chi connectivity index (χ1n) is 43.1. The number of esters is 1. The van der Waals surface area contributed by atoms with E-state index in [-0.39, 0.29) is 18.5 Å². The highest BCUT2D eigenvalue weighted by Gasteiger charge is 2.20. The Balaban J connectivity index is 3.32. The van der Waals surface area contributed by atoms with Crippen LogP contribution in [-0.2, 0) is 14.3 Å². The third kappa shape index (κ3) is 79.2. The number of hydrogen-bond acceptors (Lipinski definition) is 5. The second-order valence-corrected chi connectivity index (χ2v) is 29.9. The minimum atomic E-state index is -0.662. The standard InChI is InChI=1S/C87H169NO5/c1-3-5-7-9-11-13-15-17-19-21-22-42-45-48-51-55-59-63-67-71-75-79-85(90)84(83-89)88-86(91)80-76-72-68-64-60-56-52-49-46-43-40-38-36-34-32-30-28-26-24-23-25-27-29-31-33-35-37-39-41-44-47-50-54-58-62-66-70-74-78-82-93-87(92)81-77-73-69-65-61-57-53-20-18-16-14-12-10-8-6-4-2/h20,23-24,53,84-85,89-90H,3-19,21-22,25-52,54-83H2,1-2H3,(H,88,91)/b24-23-,53-20-. The number of rotatable bonds is 82. The van der Waals surface area contributed by atoms with E-state index in [1.807, 2.05) is 0 Å². The highest BCUT2D eigenvalue weighted by Crippen LogP contribution is 2.21. The maximum Gasteiger partial charge on any atom is 0.305 e. The lowest BCUT2D eigenvalue weighted by molar-refractivity contribution is -0.143. The summed E-state index contributed by atoms with van der Waals surface area (Å²) >= 11 is 0. The molecular weight excluding hydrogens is 1140 g/mol. The van der Waals surface area contributed by atoms with E-state index in [2.05, 4.69) is 43.5 Å². The second-order valence-electron chi connectivity index (χ2n) is 29.9. The molecule has 1 amide bonds. The predicted molar refractivity (Wildman–Crippen MR) is 412 cm³/mol. The van der Waals surface area contributed by atoms with Crippen molar-refractivity contribution < 1.29 is 24.5 Å². The quantitative estimate of drug-likeness (QED) is 0.0320. The Kier molecular flexibility index (Phi) is 81.3. The number of amides is 1. The van der Waals surface area contributed by atoms with Crippen LogP contribution in [0.2, 0.25) is 0 Å². The minimum absolute atomic E-state index is 0.0162. The van der Waals surface area contributed by atoms with Crippen molar-refractivity contribution in [2.75, 3.05) is 13.2 Å². The molecular formula is C87H169NO5. The van der Waals surface area contributed by atoms with Gasteiger partial charge in [0, 0.05) is 12.8 Å². The van der Waals surface area contributed by atoms with Crippen LogP contribution < -0.4 is 5.32 Å². The van der Waals surface area contributed by atoms with Crippen molar-refractivity contribution in [3.63, 3.8) is 0 Å². The van der Waals surface area contributed by atoms with Gasteiger partial charge in [-0.05, 0) is 77.0 Å². The molecule has 0 aliphatic rings. The van der Waals surface area contributed by atoms with Gasteiger partial charge in [0.2, 0.25) is 5.91 Å². The summed E-state index contributed by atoms with van der Waals surface area (Å²) in [4.78, 5) is 24.7. The van der Waals surface area contributed by atoms with Crippen LogP contribution in [0.25, 0.3) is 0 Å². The number of ether oxygens (including phenoxy) is 1. The van der Waals surface area contributed by atoms with E-state index in [1.54, 1.807) is 0 Å². The Morgan fingerprint density at radius 3 is 0.763 bits per heavy atom. The zero-order chi connectivity index (χ0) is 67.0. The molecule has 0 heterocycles. The summed E-state index contributed by atoms with van der Waals surface area (Å²) in [5.74, 6) is -0.00869. The molecule has 0 aromatic rings. The molecule has 93 heavy (non-hydrogen) atoms. The van der Waals surface area contributed by atoms with Crippen LogP contribution in [0, 0.1) is 0 Å². The van der Waals surface area contributed by atoms with E-state index >= 15 is 0 Å². The minimum Gasteiger partial charge on any atom is -0.466 e. The second kappa shape index (κ2) is 82.8. The van der Waals surface area contributed by atoms with E-state index < -0.39 is 12.1 Å². The van der Waals surface area contributed by atoms with Gasteiger partial charge in [-0.1, -0.05) is 430 Å². The normalized spacial score (nSPS) is 12.5. The van der Waals surface area contributed by atoms with Crippen LogP contribution in [0.5, 0.6) is 0 Å². The number of unbranched alkanes of at least 4 members (excludes halogenated alkanes) is 67. The molecule has 0 rings (SSSR count). The Morgan fingerprint density at radius 1 is 0.290 bits per heavy atom. The smallest absolute Gasteiger partial charge is 0.305 e. The molecule has 0 bridgehead atoms. The Labute approximate surface area is 583 Å². The first-order valence-corrected chi connectivity index (χ1v) is 43.1. The fourth-order valence-electron chi connectivity index (χ4n) is 13.9. The van der Waals surface area contributed by atoms with Gasteiger partial charge in [0.25, 0.3) is 0 Å². The van der Waals surface area contributed by atoms with E-state index in [9.17, 15) is 19.8 Å². The van der Waals surface area contributed by atoms with E-state index in [4.69, 9.17) is 4.74 Å². The molecule has 0 aliphatic carbocycles. The van der Waals surface area contributed by atoms with Gasteiger partial charge < -0.3 is 20.3 Å². The molecule has 0 aromatic carbocycles. The van der Waals surface area contributed by atoms with E-state index in [1.165, 1.54) is 417 Å². The summed E-state index contributed by atoms with van der Waals surface area (Å²) in [7, 11) is 0. The van der Waals surface area contributed by atoms with Crippen molar-refractivity contribution in [3.05, 3.63) is 24.3 Å². The number of aliphatic hydroxyl groups is 2. The zero-order valence-corrected chi connectivity index (χ0v) is 63.5. The van der Waals surface area contributed by atoms with Crippen LogP contribution in [-0.4, -0.2) is 47.4 Å². The van der Waals surface area contributed by atoms with Crippen molar-refractivity contribution in [2.24, 2.45) is 0 Å². The van der Waals surface area contributed by atoms with E-state index in [0.29, 0.717) is 25.9 Å². The van der Waals surface area contributed by atoms with E-state index in [0.717, 1.165) is 44.9 Å². The molecule has 2 atom stereocenters. The number of hydrogen-bond donors (Lipinski definition) is 3. The topological polar surface area (TPSA) is 95.9 Å². The fraction of sp³-hybridized carbons (Fsp3) is 0.931. The molecule has 6 nitrogen and oxygen atoms in total. The largest absolute Gasteiger partial charge is 0.466 e. The molecule has 0 aliphatic heterocycles. The third-order valence-corrected chi connectivity index (χ3v) is 20.5. The lowest BCUT2D eigenvalue weighted by atomic mass is 10.0. The van der Waals surface area contributed by atoms with Crippen molar-refractivity contribution in [3.8, 4) is 0 Å². The number of carbonyl (C=O) groups excluding carboxylic acids is 2. The number of allylic oxidation sites excluding steroid dienone is 4.